The van der Waals surface area contributed by atoms with Gasteiger partial charge in [-0.15, -0.1) is 0 Å². The first-order chi connectivity index (χ1) is 19.1. The number of benzene rings is 2. The lowest BCUT2D eigenvalue weighted by atomic mass is 9.99. The largest absolute Gasteiger partial charge is 0.423 e. The van der Waals surface area contributed by atoms with Crippen LogP contribution >= 0.6 is 0 Å². The molecule has 2 aliphatic heterocycles. The zero-order valence-corrected chi connectivity index (χ0v) is 23.2. The van der Waals surface area contributed by atoms with Crippen molar-refractivity contribution in [2.45, 2.75) is 37.5 Å². The van der Waals surface area contributed by atoms with E-state index in [2.05, 4.69) is 4.90 Å². The summed E-state index contributed by atoms with van der Waals surface area (Å²) in [4.78, 5) is 28.1. The smallest absolute Gasteiger partial charge is 0.336 e. The summed E-state index contributed by atoms with van der Waals surface area (Å²) in [6, 6.07) is 12.7. The third-order valence-corrected chi connectivity index (χ3v) is 9.08. The fourth-order valence-electron chi connectivity index (χ4n) is 5.30. The number of aliphatic hydroxyl groups is 1. The number of carbonyl (C=O) groups excluding carboxylic acids is 1. The van der Waals surface area contributed by atoms with Crippen LogP contribution in [0.2, 0.25) is 0 Å². The number of nitrogens with zero attached hydrogens (tertiary/aromatic N) is 3. The monoisotopic (exact) mass is 573 g/mol. The van der Waals surface area contributed by atoms with Gasteiger partial charge in [-0.2, -0.15) is 0 Å². The summed E-state index contributed by atoms with van der Waals surface area (Å²) in [5.74, 6) is -3.05. The quantitative estimate of drug-likeness (QED) is 0.416. The van der Waals surface area contributed by atoms with E-state index >= 15 is 0 Å². The van der Waals surface area contributed by atoms with Crippen LogP contribution in [0, 0.1) is 0 Å². The zero-order valence-electron chi connectivity index (χ0n) is 22.4. The minimum atomic E-state index is -3.20. The molecule has 3 heterocycles. The van der Waals surface area contributed by atoms with Gasteiger partial charge in [0.2, 0.25) is 5.91 Å². The molecule has 0 spiro atoms. The molecule has 2 aliphatic rings. The average molecular weight is 574 g/mol. The summed E-state index contributed by atoms with van der Waals surface area (Å²) in [7, 11) is -1.65. The van der Waals surface area contributed by atoms with Crippen molar-refractivity contribution >= 4 is 27.9 Å². The van der Waals surface area contributed by atoms with Crippen molar-refractivity contribution < 1.29 is 27.3 Å². The van der Waals surface area contributed by atoms with Crippen molar-refractivity contribution in [1.29, 1.82) is 0 Å². The highest BCUT2D eigenvalue weighted by Gasteiger charge is 2.30. The molecule has 1 aromatic heterocycles. The Hall–Kier alpha value is -2.99. The molecule has 2 fully saturated rings. The first-order valence-electron chi connectivity index (χ1n) is 13.5. The zero-order chi connectivity index (χ0) is 28.4. The van der Waals surface area contributed by atoms with E-state index in [4.69, 9.17) is 4.42 Å². The Labute approximate surface area is 233 Å². The third kappa shape index (κ3) is 6.49. The van der Waals surface area contributed by atoms with Crippen LogP contribution in [-0.4, -0.2) is 75.1 Å². The van der Waals surface area contributed by atoms with Gasteiger partial charge >= 0.3 is 5.63 Å². The summed E-state index contributed by atoms with van der Waals surface area (Å²) in [5, 5.41) is 11.0. The van der Waals surface area contributed by atoms with Crippen LogP contribution < -0.4 is 5.63 Å². The Morgan fingerprint density at radius 3 is 2.30 bits per heavy atom. The summed E-state index contributed by atoms with van der Waals surface area (Å²) in [6.45, 7) is 4.99. The molecule has 2 atom stereocenters. The van der Waals surface area contributed by atoms with Gasteiger partial charge in [0, 0.05) is 63.2 Å². The molecule has 0 bridgehead atoms. The molecule has 2 saturated heterocycles. The second-order valence-corrected chi connectivity index (χ2v) is 12.1. The second kappa shape index (κ2) is 11.9. The van der Waals surface area contributed by atoms with Gasteiger partial charge in [0.1, 0.15) is 16.6 Å². The Kier molecular flexibility index (Phi) is 8.46. The Morgan fingerprint density at radius 1 is 1.00 bits per heavy atom. The molecular weight excluding hydrogens is 540 g/mol. The number of fused-ring (bicyclic) bond motifs is 1. The predicted octanol–water partition coefficient (Wildman–Crippen LogP) is 3.39. The summed E-state index contributed by atoms with van der Waals surface area (Å²) >= 11 is 0. The molecule has 2 aromatic carbocycles. The number of rotatable bonds is 8. The number of aliphatic hydroxyl groups excluding tert-OH is 1. The van der Waals surface area contributed by atoms with Crippen molar-refractivity contribution in [3.8, 4) is 0 Å². The van der Waals surface area contributed by atoms with Gasteiger partial charge in [-0.1, -0.05) is 30.3 Å². The molecule has 1 amide bonds. The van der Waals surface area contributed by atoms with E-state index in [-0.39, 0.29) is 22.4 Å². The van der Waals surface area contributed by atoms with E-state index in [1.54, 1.807) is 28.6 Å². The number of amides is 1. The Bertz CT molecular complexity index is 1440. The SMILES string of the molecule is CC(F)(F)c1cc(=O)oc2ccc(Cc3ccc([C@@H](O)S(=O)N4CCN(CC(=O)N5CCCC5)CC4)cc3)cc12. The number of carbonyl (C=O) groups is 1. The number of hydrogen-bond acceptors (Lipinski definition) is 6. The average Bonchev–Trinajstić information content (AvgIpc) is 3.48. The van der Waals surface area contributed by atoms with E-state index < -0.39 is 28.0 Å². The lowest BCUT2D eigenvalue weighted by molar-refractivity contribution is -0.131. The van der Waals surface area contributed by atoms with Crippen LogP contribution in [0.3, 0.4) is 0 Å². The van der Waals surface area contributed by atoms with Crippen LogP contribution in [0.4, 0.5) is 8.78 Å². The van der Waals surface area contributed by atoms with Gasteiger partial charge in [-0.25, -0.2) is 22.1 Å². The van der Waals surface area contributed by atoms with Crippen molar-refractivity contribution in [2.75, 3.05) is 45.8 Å². The molecular formula is C29H33F2N3O5S. The highest BCUT2D eigenvalue weighted by atomic mass is 32.2. The molecule has 5 rings (SSSR count). The standard InChI is InChI=1S/C29H33F2N3O5S/c1-29(30,31)24-18-27(36)39-25-9-6-21(17-23(24)25)16-20-4-7-22(8-5-20)28(37)40(38)34-14-12-32(13-15-34)19-26(35)33-10-2-3-11-33/h4-9,17-18,28,37H,2-3,10-16,19H2,1H3/t28-,40?/m0/s1. The van der Waals surface area contributed by atoms with Crippen LogP contribution in [0.25, 0.3) is 11.0 Å². The van der Waals surface area contributed by atoms with Crippen molar-refractivity contribution in [3.05, 3.63) is 81.2 Å². The Morgan fingerprint density at radius 2 is 1.65 bits per heavy atom. The number of halogens is 2. The molecule has 0 aliphatic carbocycles. The minimum Gasteiger partial charge on any atom is -0.423 e. The molecule has 1 N–H and O–H groups in total. The topological polar surface area (TPSA) is 94.3 Å². The first kappa shape index (κ1) is 28.5. The van der Waals surface area contributed by atoms with Gasteiger partial charge in [0.25, 0.3) is 5.92 Å². The van der Waals surface area contributed by atoms with Gasteiger partial charge in [-0.3, -0.25) is 9.69 Å². The molecule has 0 saturated carbocycles. The van der Waals surface area contributed by atoms with Crippen LogP contribution in [-0.2, 0) is 28.1 Å². The number of alkyl halides is 2. The highest BCUT2D eigenvalue weighted by Crippen LogP contribution is 2.33. The second-order valence-electron chi connectivity index (χ2n) is 10.5. The number of likely N-dealkylation sites (tertiary alicyclic amines) is 1. The van der Waals surface area contributed by atoms with Crippen LogP contribution in [0.1, 0.15) is 47.5 Å². The van der Waals surface area contributed by atoms with E-state index in [1.807, 2.05) is 17.0 Å². The van der Waals surface area contributed by atoms with E-state index in [1.165, 1.54) is 6.07 Å². The van der Waals surface area contributed by atoms with Crippen molar-refractivity contribution in [2.24, 2.45) is 0 Å². The lowest BCUT2D eigenvalue weighted by Crippen LogP contribution is -2.50. The van der Waals surface area contributed by atoms with Gasteiger partial charge < -0.3 is 14.4 Å². The maximum absolute atomic E-state index is 14.1. The van der Waals surface area contributed by atoms with Gasteiger partial charge in [0.15, 0.2) is 5.44 Å². The maximum Gasteiger partial charge on any atom is 0.336 e. The van der Waals surface area contributed by atoms with Gasteiger partial charge in [-0.05, 0) is 48.1 Å². The molecule has 40 heavy (non-hydrogen) atoms. The van der Waals surface area contributed by atoms with Crippen LogP contribution in [0.5, 0.6) is 0 Å². The van der Waals surface area contributed by atoms with E-state index in [0.717, 1.165) is 50.0 Å². The molecule has 11 heteroatoms. The summed E-state index contributed by atoms with van der Waals surface area (Å²) in [5.41, 5.74) is -0.137. The molecule has 214 valence electrons. The van der Waals surface area contributed by atoms with Crippen molar-refractivity contribution in [1.82, 2.24) is 14.1 Å². The fourth-order valence-corrected chi connectivity index (χ4v) is 6.50. The predicted molar refractivity (Wildman–Crippen MR) is 148 cm³/mol. The van der Waals surface area contributed by atoms with Crippen LogP contribution in [0.15, 0.2) is 57.7 Å². The maximum atomic E-state index is 14.1. The lowest BCUT2D eigenvalue weighted by Gasteiger charge is -2.34. The van der Waals surface area contributed by atoms with E-state index in [9.17, 15) is 27.7 Å². The molecule has 0 radical (unpaired) electrons. The first-order valence-corrected chi connectivity index (χ1v) is 14.6. The molecule has 3 aromatic rings. The van der Waals surface area contributed by atoms with E-state index in [0.29, 0.717) is 44.7 Å². The fraction of sp³-hybridized carbons (Fsp3) is 0.448. The number of hydrogen-bond donors (Lipinski definition) is 1. The van der Waals surface area contributed by atoms with Gasteiger partial charge in [0.05, 0.1) is 6.54 Å². The minimum absolute atomic E-state index is 0.104. The molecule has 8 nitrogen and oxygen atoms in total. The molecule has 1 unspecified atom stereocenters. The Balaban J connectivity index is 1.19. The summed E-state index contributed by atoms with van der Waals surface area (Å²) < 4.78 is 48.1. The normalized spacial score (nSPS) is 18.8. The summed E-state index contributed by atoms with van der Waals surface area (Å²) in [6.07, 6.45) is 2.55. The number of piperazine rings is 1. The highest BCUT2D eigenvalue weighted by molar-refractivity contribution is 7.82. The van der Waals surface area contributed by atoms with Crippen molar-refractivity contribution in [3.63, 3.8) is 0 Å². The third-order valence-electron chi connectivity index (χ3n) is 7.55.